The lowest BCUT2D eigenvalue weighted by Crippen LogP contribution is -2.54. The molecule has 3 heterocycles. The van der Waals surface area contributed by atoms with Crippen LogP contribution in [0.1, 0.15) is 32.8 Å². The molecule has 0 aromatic carbocycles. The Bertz CT molecular complexity index is 749. The number of piperidine rings is 1. The van der Waals surface area contributed by atoms with Crippen molar-refractivity contribution >= 4 is 17.5 Å². The molecule has 0 saturated carbocycles. The average Bonchev–Trinajstić information content (AvgIpc) is 3.00. The summed E-state index contributed by atoms with van der Waals surface area (Å²) in [5, 5.41) is 2.57. The summed E-state index contributed by atoms with van der Waals surface area (Å²) >= 11 is 0. The number of nitrogens with two attached hydrogens (primary N) is 1. The number of aromatic nitrogens is 1. The largest absolute Gasteiger partial charge is 0.477 e. The van der Waals surface area contributed by atoms with Gasteiger partial charge in [0, 0.05) is 25.1 Å². The molecule has 3 N–H and O–H groups in total. The Morgan fingerprint density at radius 2 is 2.07 bits per heavy atom. The van der Waals surface area contributed by atoms with Crippen molar-refractivity contribution in [3.05, 3.63) is 11.8 Å². The van der Waals surface area contributed by atoms with Gasteiger partial charge in [0.15, 0.2) is 0 Å². The van der Waals surface area contributed by atoms with Crippen LogP contribution < -0.4 is 20.7 Å². The van der Waals surface area contributed by atoms with Crippen LogP contribution in [0.5, 0.6) is 5.88 Å². The van der Waals surface area contributed by atoms with Gasteiger partial charge in [0.05, 0.1) is 36.1 Å². The summed E-state index contributed by atoms with van der Waals surface area (Å²) in [6.07, 6.45) is -3.43. The number of carbonyl (C=O) groups is 1. The summed E-state index contributed by atoms with van der Waals surface area (Å²) in [6.45, 7) is 5.44. The molecule has 1 fully saturated rings. The number of nitrogens with one attached hydrogen (secondary N) is 1. The minimum atomic E-state index is -4.39. The number of nitrogens with zero attached hydrogens (tertiary/aromatic N) is 2. The number of anilines is 2. The van der Waals surface area contributed by atoms with Crippen LogP contribution >= 0.6 is 0 Å². The fourth-order valence-corrected chi connectivity index (χ4v) is 3.61. The van der Waals surface area contributed by atoms with Gasteiger partial charge in [-0.3, -0.25) is 0 Å². The second kappa shape index (κ2) is 7.21. The van der Waals surface area contributed by atoms with Gasteiger partial charge in [0.25, 0.3) is 0 Å². The number of alkyl carbamates (subject to hydrolysis) is 1. The molecule has 156 valence electrons. The van der Waals surface area contributed by atoms with E-state index >= 15 is 0 Å². The van der Waals surface area contributed by atoms with E-state index in [0.717, 1.165) is 0 Å². The van der Waals surface area contributed by atoms with Crippen molar-refractivity contribution in [1.29, 1.82) is 0 Å². The van der Waals surface area contributed by atoms with Crippen LogP contribution in [0.4, 0.5) is 29.3 Å². The number of amides is 1. The van der Waals surface area contributed by atoms with E-state index in [1.807, 2.05) is 0 Å². The van der Waals surface area contributed by atoms with Crippen molar-refractivity contribution in [1.82, 2.24) is 10.3 Å². The molecule has 1 aromatic rings. The van der Waals surface area contributed by atoms with Crippen LogP contribution in [0.3, 0.4) is 0 Å². The fraction of sp³-hybridized carbons (Fsp3) is 0.667. The highest BCUT2D eigenvalue weighted by Crippen LogP contribution is 2.41. The lowest BCUT2D eigenvalue weighted by atomic mass is 9.92. The molecule has 0 unspecified atom stereocenters. The minimum absolute atomic E-state index is 0.187. The number of carbonyl (C=O) groups excluding carboxylic acids is 1. The molecule has 2 aliphatic rings. The van der Waals surface area contributed by atoms with Crippen molar-refractivity contribution in [2.75, 3.05) is 30.3 Å². The van der Waals surface area contributed by atoms with E-state index < -0.39 is 29.8 Å². The second-order valence-corrected chi connectivity index (χ2v) is 8.17. The molecule has 1 aromatic heterocycles. The first-order chi connectivity index (χ1) is 12.9. The van der Waals surface area contributed by atoms with Crippen molar-refractivity contribution in [3.8, 4) is 5.88 Å². The van der Waals surface area contributed by atoms with Gasteiger partial charge in [-0.15, -0.1) is 0 Å². The maximum Gasteiger partial charge on any atom is 0.407 e. The van der Waals surface area contributed by atoms with Crippen molar-refractivity contribution in [2.24, 2.45) is 5.92 Å². The van der Waals surface area contributed by atoms with Gasteiger partial charge in [-0.25, -0.2) is 9.78 Å². The summed E-state index contributed by atoms with van der Waals surface area (Å²) in [7, 11) is 0. The van der Waals surface area contributed by atoms with Gasteiger partial charge in [0.1, 0.15) is 5.60 Å². The molecule has 10 heteroatoms. The van der Waals surface area contributed by atoms with E-state index in [-0.39, 0.29) is 19.5 Å². The maximum absolute atomic E-state index is 13.5. The number of hydrogen-bond donors (Lipinski definition) is 2. The smallest absolute Gasteiger partial charge is 0.407 e. The summed E-state index contributed by atoms with van der Waals surface area (Å²) in [5.74, 6) is -1.21. The number of halogens is 3. The molecule has 2 atom stereocenters. The Kier molecular flexibility index (Phi) is 5.24. The van der Waals surface area contributed by atoms with Crippen LogP contribution in [0.2, 0.25) is 0 Å². The Morgan fingerprint density at radius 1 is 1.36 bits per heavy atom. The summed E-state index contributed by atoms with van der Waals surface area (Å²) in [4.78, 5) is 17.8. The molecule has 2 aliphatic heterocycles. The first-order valence-electron chi connectivity index (χ1n) is 9.15. The zero-order valence-electron chi connectivity index (χ0n) is 16.1. The minimum Gasteiger partial charge on any atom is -0.477 e. The standard InChI is InChI=1S/C18H25F3N4O3/c1-17(2,3)28-16(26)24-11-6-10(18(19,20)21)8-25(9-11)14-12-4-5-27-15(12)23-7-13(14)22/h7,10-11H,4-6,8-9,22H2,1-3H3,(H,24,26)/t10-,11+/m1/s1. The SMILES string of the molecule is CC(C)(C)OC(=O)N[C@H]1C[C@@H](C(F)(F)F)CN(c2c(N)cnc3c2CCO3)C1. The predicted octanol–water partition coefficient (Wildman–Crippen LogP) is 2.88. The number of ether oxygens (including phenoxy) is 2. The molecule has 0 radical (unpaired) electrons. The van der Waals surface area contributed by atoms with Gasteiger partial charge in [0.2, 0.25) is 5.88 Å². The van der Waals surface area contributed by atoms with Gasteiger partial charge in [-0.1, -0.05) is 0 Å². The van der Waals surface area contributed by atoms with Crippen LogP contribution in [-0.2, 0) is 11.2 Å². The van der Waals surface area contributed by atoms with Crippen LogP contribution in [0, 0.1) is 5.92 Å². The number of rotatable bonds is 2. The highest BCUT2D eigenvalue weighted by molar-refractivity contribution is 5.74. The number of pyridine rings is 1. The topological polar surface area (TPSA) is 89.7 Å². The van der Waals surface area contributed by atoms with Crippen molar-refractivity contribution in [2.45, 2.75) is 51.4 Å². The molecule has 0 bridgehead atoms. The van der Waals surface area contributed by atoms with E-state index in [1.54, 1.807) is 25.7 Å². The molecule has 1 saturated heterocycles. The van der Waals surface area contributed by atoms with Gasteiger partial charge >= 0.3 is 12.3 Å². The molecule has 1 amide bonds. The lowest BCUT2D eigenvalue weighted by Gasteiger charge is -2.41. The number of fused-ring (bicyclic) bond motifs is 1. The zero-order chi connectivity index (χ0) is 20.7. The number of hydrogen-bond acceptors (Lipinski definition) is 6. The van der Waals surface area contributed by atoms with Gasteiger partial charge < -0.3 is 25.4 Å². The fourth-order valence-electron chi connectivity index (χ4n) is 3.61. The summed E-state index contributed by atoms with van der Waals surface area (Å²) < 4.78 is 51.3. The lowest BCUT2D eigenvalue weighted by molar-refractivity contribution is -0.177. The van der Waals surface area contributed by atoms with Crippen molar-refractivity contribution < 1.29 is 27.4 Å². The zero-order valence-corrected chi connectivity index (χ0v) is 16.1. The van der Waals surface area contributed by atoms with Crippen LogP contribution in [0.25, 0.3) is 0 Å². The van der Waals surface area contributed by atoms with E-state index in [9.17, 15) is 18.0 Å². The third-order valence-electron chi connectivity index (χ3n) is 4.68. The Morgan fingerprint density at radius 3 is 2.71 bits per heavy atom. The van der Waals surface area contributed by atoms with E-state index in [4.69, 9.17) is 15.2 Å². The number of nitrogen functional groups attached to an aromatic ring is 1. The van der Waals surface area contributed by atoms with Crippen molar-refractivity contribution in [3.63, 3.8) is 0 Å². The normalized spacial score (nSPS) is 22.4. The average molecular weight is 402 g/mol. The molecular formula is C18H25F3N4O3. The molecular weight excluding hydrogens is 377 g/mol. The molecule has 0 spiro atoms. The molecule has 0 aliphatic carbocycles. The summed E-state index contributed by atoms with van der Waals surface area (Å²) in [5.41, 5.74) is 6.82. The molecule has 28 heavy (non-hydrogen) atoms. The quantitative estimate of drug-likeness (QED) is 0.791. The Labute approximate surface area is 161 Å². The van der Waals surface area contributed by atoms with E-state index in [2.05, 4.69) is 10.3 Å². The third-order valence-corrected chi connectivity index (χ3v) is 4.68. The molecule has 7 nitrogen and oxygen atoms in total. The van der Waals surface area contributed by atoms with Gasteiger partial charge in [-0.2, -0.15) is 13.2 Å². The third kappa shape index (κ3) is 4.53. The summed E-state index contributed by atoms with van der Waals surface area (Å²) in [6, 6.07) is -0.735. The second-order valence-electron chi connectivity index (χ2n) is 8.17. The predicted molar refractivity (Wildman–Crippen MR) is 97.4 cm³/mol. The monoisotopic (exact) mass is 402 g/mol. The maximum atomic E-state index is 13.5. The van der Waals surface area contributed by atoms with E-state index in [1.165, 1.54) is 6.20 Å². The first kappa shape index (κ1) is 20.3. The number of alkyl halides is 3. The highest BCUT2D eigenvalue weighted by Gasteiger charge is 2.46. The first-order valence-corrected chi connectivity index (χ1v) is 9.15. The Balaban J connectivity index is 1.86. The Hall–Kier alpha value is -2.39. The van der Waals surface area contributed by atoms with E-state index in [0.29, 0.717) is 35.8 Å². The highest BCUT2D eigenvalue weighted by atomic mass is 19.4. The van der Waals surface area contributed by atoms with Crippen LogP contribution in [-0.4, -0.2) is 48.6 Å². The van der Waals surface area contributed by atoms with Crippen LogP contribution in [0.15, 0.2) is 6.20 Å². The van der Waals surface area contributed by atoms with Gasteiger partial charge in [-0.05, 0) is 27.2 Å². The molecule has 3 rings (SSSR count).